The molecule has 5 rings (SSSR count). The summed E-state index contributed by atoms with van der Waals surface area (Å²) < 4.78 is 22.8. The average Bonchev–Trinajstić information content (AvgIpc) is 3.72. The quantitative estimate of drug-likeness (QED) is 0.0439. The van der Waals surface area contributed by atoms with Gasteiger partial charge in [-0.15, -0.1) is 10.2 Å². The number of unbranched alkanes of at least 4 members (excludes halogenated alkanes) is 5. The number of piperidine rings is 1. The molecule has 4 N–H and O–H groups in total. The first-order valence-corrected chi connectivity index (χ1v) is 20.2. The van der Waals surface area contributed by atoms with Crippen LogP contribution in [0.15, 0.2) is 73.1 Å². The Labute approximate surface area is 331 Å². The molecule has 1 atom stereocenters. The van der Waals surface area contributed by atoms with Gasteiger partial charge in [-0.3, -0.25) is 9.78 Å². The summed E-state index contributed by atoms with van der Waals surface area (Å²) in [5.41, 5.74) is 3.87. The molecule has 1 aliphatic rings. The third-order valence-electron chi connectivity index (χ3n) is 10.1. The standard InChI is InChI=1S/C43H61N7O6/c1-34(35-14-16-39(17-15-35)56-28-9-4-3-7-26-53-29-31-55-32-30-54-27-8-5-6-13-40(51)52)45-37-11-10-12-38(33-37)47-43(20-24-50(2)25-21-43)42-46-41(48-49-42)36-18-22-44-23-19-36/h10-12,14-19,22-23,33-34,45,47H,3-9,13,20-21,24-32H2,1-2H3,(H,51,52)(H,46,48,49)/t34-/m0/s1. The molecule has 304 valence electrons. The lowest BCUT2D eigenvalue weighted by atomic mass is 9.86. The van der Waals surface area contributed by atoms with Gasteiger partial charge in [0.05, 0.1) is 38.6 Å². The Morgan fingerprint density at radius 3 is 2.11 bits per heavy atom. The first-order valence-electron chi connectivity index (χ1n) is 20.2. The number of aliphatic carboxylic acids is 1. The summed E-state index contributed by atoms with van der Waals surface area (Å²) in [6.45, 7) is 8.42. The lowest BCUT2D eigenvalue weighted by Crippen LogP contribution is -2.46. The van der Waals surface area contributed by atoms with Gasteiger partial charge in [0, 0.05) is 68.1 Å². The highest BCUT2D eigenvalue weighted by molar-refractivity contribution is 5.66. The Bertz CT molecular complexity index is 1680. The molecule has 0 amide bonds. The van der Waals surface area contributed by atoms with Crippen molar-refractivity contribution in [1.29, 1.82) is 0 Å². The highest BCUT2D eigenvalue weighted by atomic mass is 16.5. The Morgan fingerprint density at radius 2 is 1.43 bits per heavy atom. The molecule has 13 nitrogen and oxygen atoms in total. The van der Waals surface area contributed by atoms with E-state index in [-0.39, 0.29) is 18.0 Å². The van der Waals surface area contributed by atoms with Crippen molar-refractivity contribution in [1.82, 2.24) is 25.1 Å². The average molecular weight is 772 g/mol. The number of benzene rings is 2. The molecule has 4 aromatic rings. The number of aromatic nitrogens is 4. The Balaban J connectivity index is 0.948. The minimum atomic E-state index is -0.739. The van der Waals surface area contributed by atoms with Crippen LogP contribution in [0.25, 0.3) is 11.4 Å². The number of carboxylic acid groups (broad SMARTS) is 1. The second-order valence-corrected chi connectivity index (χ2v) is 14.6. The van der Waals surface area contributed by atoms with Crippen molar-refractivity contribution in [3.63, 3.8) is 0 Å². The number of carbonyl (C=O) groups is 1. The molecule has 0 radical (unpaired) electrons. The van der Waals surface area contributed by atoms with Gasteiger partial charge in [-0.05, 0) is 107 Å². The van der Waals surface area contributed by atoms with Crippen LogP contribution in [-0.2, 0) is 24.5 Å². The zero-order chi connectivity index (χ0) is 39.3. The van der Waals surface area contributed by atoms with E-state index in [4.69, 9.17) is 24.1 Å². The lowest BCUT2D eigenvalue weighted by molar-refractivity contribution is -0.137. The van der Waals surface area contributed by atoms with Crippen molar-refractivity contribution < 1.29 is 28.8 Å². The van der Waals surface area contributed by atoms with Crippen LogP contribution in [0.4, 0.5) is 11.4 Å². The van der Waals surface area contributed by atoms with Crippen molar-refractivity contribution in [2.75, 3.05) is 77.0 Å². The number of ether oxygens (including phenoxy) is 4. The van der Waals surface area contributed by atoms with E-state index >= 15 is 0 Å². The molecule has 0 spiro atoms. The summed E-state index contributed by atoms with van der Waals surface area (Å²) >= 11 is 0. The van der Waals surface area contributed by atoms with Gasteiger partial charge in [-0.25, -0.2) is 0 Å². The number of carboxylic acids is 1. The molecule has 2 aromatic carbocycles. The van der Waals surface area contributed by atoms with E-state index in [9.17, 15) is 4.79 Å². The van der Waals surface area contributed by atoms with Crippen LogP contribution in [0.2, 0.25) is 0 Å². The molecule has 0 aliphatic carbocycles. The van der Waals surface area contributed by atoms with Crippen LogP contribution in [-0.4, -0.2) is 103 Å². The number of anilines is 2. The molecule has 1 fully saturated rings. The third-order valence-corrected chi connectivity index (χ3v) is 10.1. The van der Waals surface area contributed by atoms with Gasteiger partial charge in [0.1, 0.15) is 5.75 Å². The van der Waals surface area contributed by atoms with Crippen LogP contribution in [0, 0.1) is 0 Å². The molecule has 1 saturated heterocycles. The summed E-state index contributed by atoms with van der Waals surface area (Å²) in [7, 11) is 2.16. The number of H-pyrrole nitrogens is 1. The van der Waals surface area contributed by atoms with Gasteiger partial charge in [0.15, 0.2) is 11.6 Å². The summed E-state index contributed by atoms with van der Waals surface area (Å²) in [6.07, 6.45) is 12.3. The van der Waals surface area contributed by atoms with Crippen LogP contribution in [0.3, 0.4) is 0 Å². The molecule has 2 aromatic heterocycles. The van der Waals surface area contributed by atoms with E-state index in [1.165, 1.54) is 5.56 Å². The fourth-order valence-electron chi connectivity index (χ4n) is 6.74. The summed E-state index contributed by atoms with van der Waals surface area (Å²) in [5, 5.41) is 25.3. The van der Waals surface area contributed by atoms with Crippen LogP contribution in [0.5, 0.6) is 5.75 Å². The number of likely N-dealkylation sites (tertiary alicyclic amines) is 1. The van der Waals surface area contributed by atoms with Crippen molar-refractivity contribution in [3.05, 3.63) is 84.4 Å². The molecule has 3 heterocycles. The third kappa shape index (κ3) is 14.5. The van der Waals surface area contributed by atoms with E-state index in [2.05, 4.69) is 98.2 Å². The molecular formula is C43H61N7O6. The first-order chi connectivity index (χ1) is 27.4. The summed E-state index contributed by atoms with van der Waals surface area (Å²) in [6, 6.07) is 20.9. The van der Waals surface area contributed by atoms with Crippen LogP contribution in [0.1, 0.15) is 88.6 Å². The number of nitrogens with zero attached hydrogens (tertiary/aromatic N) is 4. The topological polar surface area (TPSA) is 156 Å². The number of nitrogens with one attached hydrogen (secondary N) is 3. The van der Waals surface area contributed by atoms with E-state index in [0.29, 0.717) is 46.1 Å². The molecule has 56 heavy (non-hydrogen) atoms. The van der Waals surface area contributed by atoms with Gasteiger partial charge in [-0.2, -0.15) is 0 Å². The normalized spacial score (nSPS) is 14.7. The summed E-state index contributed by atoms with van der Waals surface area (Å²) in [4.78, 5) is 20.5. The van der Waals surface area contributed by atoms with Crippen molar-refractivity contribution in [2.45, 2.75) is 82.7 Å². The Kier molecular flexibility index (Phi) is 17.9. The lowest BCUT2D eigenvalue weighted by Gasteiger charge is -2.40. The fraction of sp³-hybridized carbons (Fsp3) is 0.535. The Morgan fingerprint density at radius 1 is 0.804 bits per heavy atom. The molecule has 13 heteroatoms. The second kappa shape index (κ2) is 23.5. The predicted molar refractivity (Wildman–Crippen MR) is 219 cm³/mol. The zero-order valence-corrected chi connectivity index (χ0v) is 33.2. The molecular weight excluding hydrogens is 711 g/mol. The van der Waals surface area contributed by atoms with E-state index in [1.807, 2.05) is 12.1 Å². The number of pyridine rings is 1. The van der Waals surface area contributed by atoms with Crippen LogP contribution >= 0.6 is 0 Å². The maximum Gasteiger partial charge on any atom is 0.303 e. The minimum absolute atomic E-state index is 0.107. The highest BCUT2D eigenvalue weighted by Gasteiger charge is 2.39. The van der Waals surface area contributed by atoms with Crippen molar-refractivity contribution in [3.8, 4) is 17.1 Å². The molecule has 0 bridgehead atoms. The van der Waals surface area contributed by atoms with E-state index in [0.717, 1.165) is 105 Å². The van der Waals surface area contributed by atoms with E-state index < -0.39 is 5.97 Å². The van der Waals surface area contributed by atoms with Gasteiger partial charge in [-0.1, -0.05) is 31.0 Å². The monoisotopic (exact) mass is 771 g/mol. The van der Waals surface area contributed by atoms with Crippen molar-refractivity contribution in [2.24, 2.45) is 0 Å². The van der Waals surface area contributed by atoms with Gasteiger partial charge >= 0.3 is 5.97 Å². The fourth-order valence-corrected chi connectivity index (χ4v) is 6.74. The van der Waals surface area contributed by atoms with Gasteiger partial charge in [0.2, 0.25) is 0 Å². The molecule has 0 saturated carbocycles. The zero-order valence-electron chi connectivity index (χ0n) is 33.2. The van der Waals surface area contributed by atoms with Crippen molar-refractivity contribution >= 4 is 17.3 Å². The van der Waals surface area contributed by atoms with E-state index in [1.54, 1.807) is 12.4 Å². The predicted octanol–water partition coefficient (Wildman–Crippen LogP) is 7.71. The maximum atomic E-state index is 10.5. The van der Waals surface area contributed by atoms with Gasteiger partial charge < -0.3 is 44.6 Å². The smallest absolute Gasteiger partial charge is 0.303 e. The van der Waals surface area contributed by atoms with Gasteiger partial charge in [0.25, 0.3) is 0 Å². The number of hydrogen-bond donors (Lipinski definition) is 4. The van der Waals surface area contributed by atoms with Crippen LogP contribution < -0.4 is 15.4 Å². The second-order valence-electron chi connectivity index (χ2n) is 14.6. The Hall–Kier alpha value is -4.56. The maximum absolute atomic E-state index is 10.5. The highest BCUT2D eigenvalue weighted by Crippen LogP contribution is 2.36. The number of rotatable bonds is 27. The largest absolute Gasteiger partial charge is 0.494 e. The molecule has 1 aliphatic heterocycles. The minimum Gasteiger partial charge on any atom is -0.494 e. The first kappa shape index (κ1) is 42.6. The number of aromatic amines is 1. The number of hydrogen-bond acceptors (Lipinski definition) is 11. The SMILES string of the molecule is C[C@H](Nc1cccc(NC2(c3nnc(-c4ccncc4)[nH]3)CCN(C)CC2)c1)c1ccc(OCCCCCCOCCOCCOCCCCCC(=O)O)cc1. The molecule has 0 unspecified atom stereocenters. The summed E-state index contributed by atoms with van der Waals surface area (Å²) in [5.74, 6) is 1.76.